The molecule has 0 radical (unpaired) electrons. The summed E-state index contributed by atoms with van der Waals surface area (Å²) < 4.78 is 6.05. The molecular formula is C15H14BrN3O3. The summed E-state index contributed by atoms with van der Waals surface area (Å²) in [6.45, 7) is 1.69. The summed E-state index contributed by atoms with van der Waals surface area (Å²) in [6, 6.07) is 8.96. The Morgan fingerprint density at radius 2 is 2.00 bits per heavy atom. The molecule has 1 heterocycles. The van der Waals surface area contributed by atoms with Gasteiger partial charge in [-0.2, -0.15) is 0 Å². The first-order valence-corrected chi connectivity index (χ1v) is 7.24. The molecule has 0 saturated carbocycles. The maximum atomic E-state index is 11.8. The zero-order valence-corrected chi connectivity index (χ0v) is 13.4. The topological polar surface area (TPSA) is 80.3 Å². The number of para-hydroxylation sites is 1. The van der Waals surface area contributed by atoms with Crippen LogP contribution in [0.3, 0.4) is 0 Å². The second kappa shape index (κ2) is 7.56. The highest BCUT2D eigenvalue weighted by Gasteiger charge is 2.09. The zero-order valence-electron chi connectivity index (χ0n) is 11.8. The number of rotatable bonds is 4. The van der Waals surface area contributed by atoms with Crippen LogP contribution in [-0.2, 0) is 4.79 Å². The van der Waals surface area contributed by atoms with Gasteiger partial charge in [-0.1, -0.05) is 18.2 Å². The number of carbonyl (C=O) groups is 2. The van der Waals surface area contributed by atoms with Crippen LogP contribution in [0.4, 0.5) is 0 Å². The van der Waals surface area contributed by atoms with E-state index in [1.807, 2.05) is 25.1 Å². The minimum atomic E-state index is -0.460. The minimum absolute atomic E-state index is 0.193. The number of ether oxygens (including phenoxy) is 1. The standard InChI is InChI=1S/C15H14BrN3O3/c1-10-4-2-3-5-13(10)22-9-14(20)18-19-15(21)11-6-12(16)8-17-7-11/h2-8H,9H2,1H3,(H,18,20)(H,19,21). The first-order chi connectivity index (χ1) is 10.6. The summed E-state index contributed by atoms with van der Waals surface area (Å²) in [5.74, 6) is -0.294. The average molecular weight is 364 g/mol. The maximum absolute atomic E-state index is 11.8. The van der Waals surface area contributed by atoms with E-state index in [0.29, 0.717) is 15.8 Å². The molecule has 0 saturated heterocycles. The number of nitrogens with zero attached hydrogens (tertiary/aromatic N) is 1. The summed E-state index contributed by atoms with van der Waals surface area (Å²) in [4.78, 5) is 27.3. The summed E-state index contributed by atoms with van der Waals surface area (Å²) in [6.07, 6.45) is 2.96. The Hall–Kier alpha value is -2.41. The van der Waals surface area contributed by atoms with Gasteiger partial charge in [-0.3, -0.25) is 25.4 Å². The van der Waals surface area contributed by atoms with Crippen molar-refractivity contribution >= 4 is 27.7 Å². The van der Waals surface area contributed by atoms with E-state index in [9.17, 15) is 9.59 Å². The Morgan fingerprint density at radius 3 is 2.73 bits per heavy atom. The number of amides is 2. The number of benzene rings is 1. The van der Waals surface area contributed by atoms with E-state index in [1.54, 1.807) is 18.3 Å². The normalized spacial score (nSPS) is 9.91. The fourth-order valence-corrected chi connectivity index (χ4v) is 2.00. The van der Waals surface area contributed by atoms with E-state index in [1.165, 1.54) is 6.20 Å². The van der Waals surface area contributed by atoms with Crippen molar-refractivity contribution in [1.29, 1.82) is 0 Å². The van der Waals surface area contributed by atoms with Crippen molar-refractivity contribution in [2.45, 2.75) is 6.92 Å². The van der Waals surface area contributed by atoms with Crippen LogP contribution in [0.2, 0.25) is 0 Å². The number of halogens is 1. The van der Waals surface area contributed by atoms with Crippen LogP contribution >= 0.6 is 15.9 Å². The summed E-state index contributed by atoms with van der Waals surface area (Å²) >= 11 is 3.22. The van der Waals surface area contributed by atoms with E-state index in [-0.39, 0.29) is 6.61 Å². The average Bonchev–Trinajstić information content (AvgIpc) is 2.52. The van der Waals surface area contributed by atoms with Gasteiger partial charge in [0.2, 0.25) is 0 Å². The molecule has 0 atom stereocenters. The Labute approximate surface area is 136 Å². The lowest BCUT2D eigenvalue weighted by Crippen LogP contribution is -2.43. The lowest BCUT2D eigenvalue weighted by Gasteiger charge is -2.10. The van der Waals surface area contributed by atoms with E-state index in [2.05, 4.69) is 31.8 Å². The Balaban J connectivity index is 1.81. The van der Waals surface area contributed by atoms with Gasteiger partial charge in [0.1, 0.15) is 5.75 Å². The molecule has 0 aliphatic heterocycles. The smallest absolute Gasteiger partial charge is 0.276 e. The number of pyridine rings is 1. The van der Waals surface area contributed by atoms with Gasteiger partial charge < -0.3 is 4.74 Å². The van der Waals surface area contributed by atoms with Crippen LogP contribution in [0, 0.1) is 6.92 Å². The number of hydrogen-bond donors (Lipinski definition) is 2. The number of hydrazine groups is 1. The number of carbonyl (C=O) groups excluding carboxylic acids is 2. The third-order valence-corrected chi connectivity index (χ3v) is 3.17. The van der Waals surface area contributed by atoms with E-state index in [0.717, 1.165) is 5.56 Å². The molecule has 2 N–H and O–H groups in total. The molecule has 2 aromatic rings. The highest BCUT2D eigenvalue weighted by atomic mass is 79.9. The van der Waals surface area contributed by atoms with Crippen molar-refractivity contribution in [2.75, 3.05) is 6.61 Å². The number of hydrogen-bond acceptors (Lipinski definition) is 4. The SMILES string of the molecule is Cc1ccccc1OCC(=O)NNC(=O)c1cncc(Br)c1. The van der Waals surface area contributed by atoms with Gasteiger partial charge in [0, 0.05) is 16.9 Å². The molecule has 2 rings (SSSR count). The van der Waals surface area contributed by atoms with Crippen LogP contribution in [0.15, 0.2) is 47.2 Å². The highest BCUT2D eigenvalue weighted by molar-refractivity contribution is 9.10. The largest absolute Gasteiger partial charge is 0.483 e. The number of aromatic nitrogens is 1. The molecule has 1 aromatic carbocycles. The second-order valence-corrected chi connectivity index (χ2v) is 5.36. The van der Waals surface area contributed by atoms with Gasteiger partial charge in [0.25, 0.3) is 11.8 Å². The first kappa shape index (κ1) is 16.0. The Kier molecular flexibility index (Phi) is 5.48. The molecule has 0 unspecified atom stereocenters. The van der Waals surface area contributed by atoms with Crippen molar-refractivity contribution in [1.82, 2.24) is 15.8 Å². The Morgan fingerprint density at radius 1 is 1.23 bits per heavy atom. The summed E-state index contributed by atoms with van der Waals surface area (Å²) in [5, 5.41) is 0. The fourth-order valence-electron chi connectivity index (χ4n) is 1.63. The number of aryl methyl sites for hydroxylation is 1. The van der Waals surface area contributed by atoms with Crippen LogP contribution in [0.1, 0.15) is 15.9 Å². The third kappa shape index (κ3) is 4.56. The molecule has 114 valence electrons. The molecule has 22 heavy (non-hydrogen) atoms. The molecular weight excluding hydrogens is 350 g/mol. The van der Waals surface area contributed by atoms with Gasteiger partial charge in [-0.25, -0.2) is 0 Å². The minimum Gasteiger partial charge on any atom is -0.483 e. The fraction of sp³-hybridized carbons (Fsp3) is 0.133. The van der Waals surface area contributed by atoms with Gasteiger partial charge in [-0.15, -0.1) is 0 Å². The third-order valence-electron chi connectivity index (χ3n) is 2.73. The molecule has 0 aliphatic rings. The van der Waals surface area contributed by atoms with E-state index >= 15 is 0 Å². The Bertz CT molecular complexity index is 691. The zero-order chi connectivity index (χ0) is 15.9. The predicted octanol–water partition coefficient (Wildman–Crippen LogP) is 1.99. The van der Waals surface area contributed by atoms with E-state index in [4.69, 9.17) is 4.74 Å². The van der Waals surface area contributed by atoms with Crippen molar-refractivity contribution < 1.29 is 14.3 Å². The van der Waals surface area contributed by atoms with Crippen molar-refractivity contribution in [3.63, 3.8) is 0 Å². The molecule has 1 aromatic heterocycles. The van der Waals surface area contributed by atoms with Crippen molar-refractivity contribution in [3.8, 4) is 5.75 Å². The van der Waals surface area contributed by atoms with Gasteiger partial charge in [0.05, 0.1) is 5.56 Å². The number of nitrogens with one attached hydrogen (secondary N) is 2. The first-order valence-electron chi connectivity index (χ1n) is 6.44. The monoisotopic (exact) mass is 363 g/mol. The molecule has 0 spiro atoms. The highest BCUT2D eigenvalue weighted by Crippen LogP contribution is 2.15. The van der Waals surface area contributed by atoms with Gasteiger partial charge >= 0.3 is 0 Å². The van der Waals surface area contributed by atoms with Crippen LogP contribution in [0.25, 0.3) is 0 Å². The predicted molar refractivity (Wildman–Crippen MR) is 84.2 cm³/mol. The van der Waals surface area contributed by atoms with Crippen LogP contribution in [0.5, 0.6) is 5.75 Å². The second-order valence-electron chi connectivity index (χ2n) is 4.45. The summed E-state index contributed by atoms with van der Waals surface area (Å²) in [5.41, 5.74) is 5.84. The van der Waals surface area contributed by atoms with Crippen molar-refractivity contribution in [3.05, 3.63) is 58.3 Å². The molecule has 0 aliphatic carbocycles. The van der Waals surface area contributed by atoms with Crippen LogP contribution in [-0.4, -0.2) is 23.4 Å². The van der Waals surface area contributed by atoms with Crippen LogP contribution < -0.4 is 15.6 Å². The lowest BCUT2D eigenvalue weighted by atomic mass is 10.2. The maximum Gasteiger partial charge on any atom is 0.276 e. The quantitative estimate of drug-likeness (QED) is 0.814. The molecule has 7 heteroatoms. The van der Waals surface area contributed by atoms with Gasteiger partial charge in [-0.05, 0) is 40.5 Å². The molecule has 0 fully saturated rings. The molecule has 6 nitrogen and oxygen atoms in total. The van der Waals surface area contributed by atoms with Gasteiger partial charge in [0.15, 0.2) is 6.61 Å². The lowest BCUT2D eigenvalue weighted by molar-refractivity contribution is -0.123. The molecule has 2 amide bonds. The molecule has 0 bridgehead atoms. The van der Waals surface area contributed by atoms with E-state index < -0.39 is 11.8 Å². The summed E-state index contributed by atoms with van der Waals surface area (Å²) in [7, 11) is 0. The van der Waals surface area contributed by atoms with Crippen molar-refractivity contribution in [2.24, 2.45) is 0 Å².